The fraction of sp³-hybridized carbons (Fsp3) is 0.208. The minimum atomic E-state index is 0. The highest BCUT2D eigenvalue weighted by Gasteiger charge is 2.06. The lowest BCUT2D eigenvalue weighted by atomic mass is 9.98. The molecule has 2 aromatic carbocycles. The van der Waals surface area contributed by atoms with E-state index >= 15 is 0 Å². The third-order valence-electron chi connectivity index (χ3n) is 5.09. The molecule has 0 aliphatic rings. The van der Waals surface area contributed by atoms with Crippen LogP contribution in [0, 0.1) is 0 Å². The third kappa shape index (κ3) is 6.43. The molecule has 0 saturated carbocycles. The van der Waals surface area contributed by atoms with Crippen molar-refractivity contribution in [3.63, 3.8) is 0 Å². The van der Waals surface area contributed by atoms with Crippen LogP contribution in [0.5, 0.6) is 0 Å². The van der Waals surface area contributed by atoms with Crippen molar-refractivity contribution >= 4 is 29.9 Å². The number of hydrogen-bond donors (Lipinski definition) is 2. The van der Waals surface area contributed by atoms with E-state index in [0.29, 0.717) is 13.1 Å². The Bertz CT molecular complexity index is 1090. The molecular formula is C24H28IN7. The van der Waals surface area contributed by atoms with Gasteiger partial charge in [-0.2, -0.15) is 5.10 Å². The fourth-order valence-electron chi connectivity index (χ4n) is 3.47. The molecule has 2 heterocycles. The van der Waals surface area contributed by atoms with Crippen LogP contribution in [0.1, 0.15) is 11.1 Å². The lowest BCUT2D eigenvalue weighted by Gasteiger charge is -2.15. The first-order valence-corrected chi connectivity index (χ1v) is 10.4. The average Bonchev–Trinajstić information content (AvgIpc) is 3.51. The zero-order chi connectivity index (χ0) is 21.3. The summed E-state index contributed by atoms with van der Waals surface area (Å²) >= 11 is 0. The van der Waals surface area contributed by atoms with Crippen LogP contribution in [0.3, 0.4) is 0 Å². The van der Waals surface area contributed by atoms with Crippen LogP contribution in [0.2, 0.25) is 0 Å². The predicted octanol–water partition coefficient (Wildman–Crippen LogP) is 3.78. The van der Waals surface area contributed by atoms with E-state index in [1.165, 1.54) is 22.3 Å². The van der Waals surface area contributed by atoms with E-state index in [1.807, 2.05) is 16.8 Å². The van der Waals surface area contributed by atoms with Gasteiger partial charge in [0.2, 0.25) is 0 Å². The number of aliphatic imine (C=N–C) groups is 1. The monoisotopic (exact) mass is 541 g/mol. The van der Waals surface area contributed by atoms with Crippen LogP contribution in [-0.2, 0) is 19.6 Å². The SMILES string of the molecule is CN=C(NCCn1cccc1)NCc1ccccc1-c1ccc(Cn2cncn2)cc1.I. The normalized spacial score (nSPS) is 11.1. The molecule has 0 fully saturated rings. The number of benzene rings is 2. The Kier molecular flexibility index (Phi) is 8.85. The number of nitrogens with zero attached hydrogens (tertiary/aromatic N) is 5. The second kappa shape index (κ2) is 12.0. The lowest BCUT2D eigenvalue weighted by Crippen LogP contribution is -2.38. The Morgan fingerprint density at radius 2 is 1.75 bits per heavy atom. The maximum absolute atomic E-state index is 4.34. The van der Waals surface area contributed by atoms with Crippen molar-refractivity contribution in [2.75, 3.05) is 13.6 Å². The van der Waals surface area contributed by atoms with Gasteiger partial charge in [-0.3, -0.25) is 4.99 Å². The van der Waals surface area contributed by atoms with Gasteiger partial charge in [-0.1, -0.05) is 48.5 Å². The molecule has 32 heavy (non-hydrogen) atoms. The molecule has 2 N–H and O–H groups in total. The molecule has 0 saturated heterocycles. The lowest BCUT2D eigenvalue weighted by molar-refractivity contribution is 0.665. The van der Waals surface area contributed by atoms with Crippen LogP contribution in [0.15, 0.2) is 90.7 Å². The van der Waals surface area contributed by atoms with Gasteiger partial charge in [-0.25, -0.2) is 9.67 Å². The highest BCUT2D eigenvalue weighted by atomic mass is 127. The zero-order valence-electron chi connectivity index (χ0n) is 18.1. The maximum atomic E-state index is 4.34. The quantitative estimate of drug-likeness (QED) is 0.203. The molecule has 2 aromatic heterocycles. The second-order valence-corrected chi connectivity index (χ2v) is 7.22. The first-order chi connectivity index (χ1) is 15.3. The van der Waals surface area contributed by atoms with Crippen molar-refractivity contribution in [2.24, 2.45) is 4.99 Å². The van der Waals surface area contributed by atoms with E-state index in [-0.39, 0.29) is 24.0 Å². The molecule has 0 radical (unpaired) electrons. The average molecular weight is 541 g/mol. The summed E-state index contributed by atoms with van der Waals surface area (Å²) in [4.78, 5) is 8.34. The molecule has 0 amide bonds. The molecule has 8 heteroatoms. The Labute approximate surface area is 205 Å². The van der Waals surface area contributed by atoms with Crippen molar-refractivity contribution < 1.29 is 0 Å². The largest absolute Gasteiger partial charge is 0.355 e. The predicted molar refractivity (Wildman–Crippen MR) is 139 cm³/mol. The summed E-state index contributed by atoms with van der Waals surface area (Å²) in [7, 11) is 1.80. The van der Waals surface area contributed by atoms with E-state index in [2.05, 4.69) is 91.2 Å². The molecular weight excluding hydrogens is 513 g/mol. The molecule has 4 aromatic rings. The van der Waals surface area contributed by atoms with Gasteiger partial charge in [-0.05, 0) is 34.4 Å². The summed E-state index contributed by atoms with van der Waals surface area (Å²) in [5, 5.41) is 11.0. The van der Waals surface area contributed by atoms with E-state index in [9.17, 15) is 0 Å². The molecule has 4 rings (SSSR count). The first-order valence-electron chi connectivity index (χ1n) is 10.4. The minimum absolute atomic E-state index is 0. The number of aromatic nitrogens is 4. The third-order valence-corrected chi connectivity index (χ3v) is 5.09. The Morgan fingerprint density at radius 3 is 2.47 bits per heavy atom. The van der Waals surface area contributed by atoms with Crippen molar-refractivity contribution in [3.8, 4) is 11.1 Å². The number of halogens is 1. The summed E-state index contributed by atoms with van der Waals surface area (Å²) in [5.41, 5.74) is 4.82. The number of nitrogens with one attached hydrogen (secondary N) is 2. The highest BCUT2D eigenvalue weighted by Crippen LogP contribution is 2.24. The maximum Gasteiger partial charge on any atom is 0.191 e. The zero-order valence-corrected chi connectivity index (χ0v) is 20.4. The van der Waals surface area contributed by atoms with Crippen molar-refractivity contribution in [3.05, 3.63) is 96.8 Å². The van der Waals surface area contributed by atoms with Crippen molar-refractivity contribution in [1.29, 1.82) is 0 Å². The molecule has 0 aliphatic heterocycles. The van der Waals surface area contributed by atoms with Crippen LogP contribution in [-0.4, -0.2) is 38.9 Å². The Balaban J connectivity index is 0.00000289. The van der Waals surface area contributed by atoms with Crippen LogP contribution in [0.25, 0.3) is 11.1 Å². The van der Waals surface area contributed by atoms with Gasteiger partial charge < -0.3 is 15.2 Å². The molecule has 166 valence electrons. The van der Waals surface area contributed by atoms with Gasteiger partial charge in [0.25, 0.3) is 0 Å². The standard InChI is InChI=1S/C24H27N7.HI/c1-25-24(27-12-15-30-13-4-5-14-30)28-16-22-6-2-3-7-23(22)21-10-8-20(9-11-21)17-31-19-26-18-29-31;/h2-11,13-14,18-19H,12,15-17H2,1H3,(H2,25,27,28);1H. The summed E-state index contributed by atoms with van der Waals surface area (Å²) in [6.45, 7) is 3.11. The topological polar surface area (TPSA) is 72.1 Å². The van der Waals surface area contributed by atoms with Crippen LogP contribution >= 0.6 is 24.0 Å². The Morgan fingerprint density at radius 1 is 0.969 bits per heavy atom. The first kappa shape index (κ1) is 23.5. The summed E-state index contributed by atoms with van der Waals surface area (Å²) < 4.78 is 3.96. The van der Waals surface area contributed by atoms with Gasteiger partial charge in [0.1, 0.15) is 12.7 Å². The summed E-state index contributed by atoms with van der Waals surface area (Å²) in [5.74, 6) is 0.796. The van der Waals surface area contributed by atoms with E-state index in [0.717, 1.165) is 19.0 Å². The molecule has 0 aliphatic carbocycles. The molecule has 0 atom stereocenters. The molecule has 0 spiro atoms. The van der Waals surface area contributed by atoms with Gasteiger partial charge in [0.15, 0.2) is 5.96 Å². The van der Waals surface area contributed by atoms with Crippen LogP contribution < -0.4 is 10.6 Å². The van der Waals surface area contributed by atoms with E-state index < -0.39 is 0 Å². The van der Waals surface area contributed by atoms with Gasteiger partial charge in [0, 0.05) is 39.1 Å². The summed E-state index contributed by atoms with van der Waals surface area (Å²) in [6, 6.07) is 21.1. The van der Waals surface area contributed by atoms with Crippen molar-refractivity contribution in [1.82, 2.24) is 30.0 Å². The molecule has 0 unspecified atom stereocenters. The second-order valence-electron chi connectivity index (χ2n) is 7.22. The fourth-order valence-corrected chi connectivity index (χ4v) is 3.47. The minimum Gasteiger partial charge on any atom is -0.355 e. The number of guanidine groups is 1. The van der Waals surface area contributed by atoms with Crippen molar-refractivity contribution in [2.45, 2.75) is 19.6 Å². The molecule has 7 nitrogen and oxygen atoms in total. The van der Waals surface area contributed by atoms with Gasteiger partial charge in [0.05, 0.1) is 6.54 Å². The molecule has 0 bridgehead atoms. The van der Waals surface area contributed by atoms with Gasteiger partial charge in [-0.15, -0.1) is 24.0 Å². The van der Waals surface area contributed by atoms with Crippen LogP contribution in [0.4, 0.5) is 0 Å². The summed E-state index contributed by atoms with van der Waals surface area (Å²) in [6.07, 6.45) is 7.41. The van der Waals surface area contributed by atoms with Gasteiger partial charge >= 0.3 is 0 Å². The number of rotatable bonds is 8. The Hall–Kier alpha value is -3.14. The number of hydrogen-bond acceptors (Lipinski definition) is 3. The van der Waals surface area contributed by atoms with E-state index in [1.54, 1.807) is 19.7 Å². The smallest absolute Gasteiger partial charge is 0.191 e. The highest BCUT2D eigenvalue weighted by molar-refractivity contribution is 14.0. The van der Waals surface area contributed by atoms with E-state index in [4.69, 9.17) is 0 Å².